The Labute approximate surface area is 147 Å². The fourth-order valence-corrected chi connectivity index (χ4v) is 1.99. The Morgan fingerprint density at radius 3 is 2.58 bits per heavy atom. The lowest BCUT2D eigenvalue weighted by molar-refractivity contribution is 0.401. The number of aromatic nitrogens is 2. The van der Waals surface area contributed by atoms with Crippen molar-refractivity contribution in [1.82, 2.24) is 15.1 Å². The number of hydrazine groups is 1. The molecule has 0 aliphatic rings. The minimum Gasteiger partial charge on any atom is -0.393 e. The van der Waals surface area contributed by atoms with Crippen LogP contribution in [-0.4, -0.2) is 15.1 Å². The summed E-state index contributed by atoms with van der Waals surface area (Å²) in [7, 11) is 0. The zero-order valence-electron chi connectivity index (χ0n) is 13.8. The van der Waals surface area contributed by atoms with E-state index in [2.05, 4.69) is 23.3 Å². The highest BCUT2D eigenvalue weighted by molar-refractivity contribution is 5.62. The molecule has 0 bridgehead atoms. The Morgan fingerprint density at radius 1 is 1.27 bits per heavy atom. The first-order valence-corrected chi connectivity index (χ1v) is 7.25. The van der Waals surface area contributed by atoms with Crippen molar-refractivity contribution in [2.75, 3.05) is 0 Å². The van der Waals surface area contributed by atoms with Gasteiger partial charge in [-0.25, -0.2) is 19.0 Å². The van der Waals surface area contributed by atoms with E-state index in [9.17, 15) is 13.2 Å². The van der Waals surface area contributed by atoms with E-state index < -0.39 is 17.5 Å². The summed E-state index contributed by atoms with van der Waals surface area (Å²) in [6.07, 6.45) is 2.13. The molecule has 4 N–H and O–H groups in total. The number of allylic oxidation sites excluding steroid dienone is 4. The lowest BCUT2D eigenvalue weighted by atomic mass is 10.2. The van der Waals surface area contributed by atoms with Crippen LogP contribution in [0.15, 0.2) is 65.3 Å². The molecule has 26 heavy (non-hydrogen) atoms. The van der Waals surface area contributed by atoms with Crippen molar-refractivity contribution in [2.45, 2.75) is 6.92 Å². The van der Waals surface area contributed by atoms with Gasteiger partial charge in [0.2, 0.25) is 5.82 Å². The molecule has 0 atom stereocenters. The summed E-state index contributed by atoms with van der Waals surface area (Å²) in [5.74, 6) is 3.31. The molecule has 6 nitrogen and oxygen atoms in total. The van der Waals surface area contributed by atoms with Crippen molar-refractivity contribution in [1.29, 1.82) is 0 Å². The molecular formula is C17H16F3N5O. The molecule has 0 saturated carbocycles. The number of benzene rings is 1. The molecule has 136 valence electrons. The number of halogens is 3. The van der Waals surface area contributed by atoms with E-state index in [1.807, 2.05) is 0 Å². The van der Waals surface area contributed by atoms with E-state index in [0.717, 1.165) is 29.3 Å². The Hall–Kier alpha value is -3.33. The molecule has 0 amide bonds. The SMILES string of the molecule is C=C/C(F)=C(\C=C)N(N)/C(C)=C(\N)c1nc(-c2cc(F)ccc2F)no1. The molecule has 0 saturated heterocycles. The number of nitrogens with zero attached hydrogens (tertiary/aromatic N) is 3. The number of hydrogen-bond acceptors (Lipinski definition) is 6. The van der Waals surface area contributed by atoms with Gasteiger partial charge in [0.15, 0.2) is 0 Å². The summed E-state index contributed by atoms with van der Waals surface area (Å²) < 4.78 is 45.8. The van der Waals surface area contributed by atoms with E-state index >= 15 is 0 Å². The monoisotopic (exact) mass is 363 g/mol. The zero-order valence-corrected chi connectivity index (χ0v) is 13.8. The molecule has 1 aromatic carbocycles. The van der Waals surface area contributed by atoms with Crippen molar-refractivity contribution in [3.05, 3.63) is 78.3 Å². The highest BCUT2D eigenvalue weighted by atomic mass is 19.1. The minimum atomic E-state index is -0.733. The van der Waals surface area contributed by atoms with Crippen molar-refractivity contribution < 1.29 is 17.7 Å². The second kappa shape index (κ2) is 7.70. The Kier molecular flexibility index (Phi) is 5.63. The molecule has 1 aromatic heterocycles. The van der Waals surface area contributed by atoms with Crippen molar-refractivity contribution in [2.24, 2.45) is 11.6 Å². The molecule has 0 aliphatic carbocycles. The lowest BCUT2D eigenvalue weighted by Crippen LogP contribution is -2.30. The summed E-state index contributed by atoms with van der Waals surface area (Å²) in [6, 6.07) is 2.82. The zero-order chi connectivity index (χ0) is 19.4. The Balaban J connectivity index is 2.44. The van der Waals surface area contributed by atoms with Crippen molar-refractivity contribution >= 4 is 5.70 Å². The first-order chi connectivity index (χ1) is 12.3. The van der Waals surface area contributed by atoms with E-state index in [1.165, 1.54) is 13.0 Å². The normalized spacial score (nSPS) is 13.0. The predicted molar refractivity (Wildman–Crippen MR) is 91.0 cm³/mol. The maximum atomic E-state index is 13.8. The van der Waals surface area contributed by atoms with Crippen LogP contribution in [0.2, 0.25) is 0 Å². The third-order valence-corrected chi connectivity index (χ3v) is 3.45. The van der Waals surface area contributed by atoms with Gasteiger partial charge in [-0.15, -0.1) is 0 Å². The number of rotatable bonds is 6. The second-order valence-electron chi connectivity index (χ2n) is 5.06. The first kappa shape index (κ1) is 19.0. The van der Waals surface area contributed by atoms with Gasteiger partial charge in [-0.1, -0.05) is 18.3 Å². The van der Waals surface area contributed by atoms with Crippen LogP contribution in [-0.2, 0) is 0 Å². The van der Waals surface area contributed by atoms with Gasteiger partial charge in [0.25, 0.3) is 5.89 Å². The van der Waals surface area contributed by atoms with Gasteiger partial charge in [-0.05, 0) is 37.3 Å². The largest absolute Gasteiger partial charge is 0.393 e. The Morgan fingerprint density at radius 2 is 1.96 bits per heavy atom. The van der Waals surface area contributed by atoms with Gasteiger partial charge >= 0.3 is 0 Å². The Bertz CT molecular complexity index is 917. The van der Waals surface area contributed by atoms with Gasteiger partial charge in [0.1, 0.15) is 23.2 Å². The maximum Gasteiger partial charge on any atom is 0.275 e. The van der Waals surface area contributed by atoms with Crippen LogP contribution in [0.25, 0.3) is 17.1 Å². The molecule has 0 fully saturated rings. The van der Waals surface area contributed by atoms with Gasteiger partial charge < -0.3 is 10.3 Å². The fraction of sp³-hybridized carbons (Fsp3) is 0.0588. The van der Waals surface area contributed by atoms with Crippen LogP contribution >= 0.6 is 0 Å². The summed E-state index contributed by atoms with van der Waals surface area (Å²) in [5.41, 5.74) is 5.72. The van der Waals surface area contributed by atoms with Crippen molar-refractivity contribution in [3.8, 4) is 11.4 Å². The summed E-state index contributed by atoms with van der Waals surface area (Å²) in [6.45, 7) is 8.25. The molecule has 0 aliphatic heterocycles. The van der Waals surface area contributed by atoms with E-state index in [4.69, 9.17) is 16.1 Å². The smallest absolute Gasteiger partial charge is 0.275 e. The van der Waals surface area contributed by atoms with Crippen LogP contribution in [0.1, 0.15) is 12.8 Å². The number of nitrogens with two attached hydrogens (primary N) is 2. The molecule has 2 rings (SSSR count). The lowest BCUT2D eigenvalue weighted by Gasteiger charge is -2.21. The average Bonchev–Trinajstić information content (AvgIpc) is 3.12. The number of hydrogen-bond donors (Lipinski definition) is 2. The molecule has 0 unspecified atom stereocenters. The average molecular weight is 363 g/mol. The van der Waals surface area contributed by atoms with Gasteiger partial charge in [0, 0.05) is 0 Å². The summed E-state index contributed by atoms with van der Waals surface area (Å²) in [5, 5.41) is 4.50. The standard InChI is InChI=1S/C17H16F3N5O/c1-4-12(19)14(5-2)25(22)9(3)15(21)17-23-16(24-26-17)11-8-10(18)6-7-13(11)20/h4-8H,1-2,21-22H2,3H3/b14-12-,15-9-. The van der Waals surface area contributed by atoms with Crippen molar-refractivity contribution in [3.63, 3.8) is 0 Å². The predicted octanol–water partition coefficient (Wildman–Crippen LogP) is 3.39. The van der Waals surface area contributed by atoms with Crippen LogP contribution in [0.3, 0.4) is 0 Å². The van der Waals surface area contributed by atoms with Crippen LogP contribution < -0.4 is 11.6 Å². The first-order valence-electron chi connectivity index (χ1n) is 7.25. The van der Waals surface area contributed by atoms with Gasteiger partial charge in [-0.2, -0.15) is 4.98 Å². The molecule has 2 aromatic rings. The van der Waals surface area contributed by atoms with E-state index in [0.29, 0.717) is 0 Å². The maximum absolute atomic E-state index is 13.8. The molecule has 0 spiro atoms. The molecular weight excluding hydrogens is 347 g/mol. The second-order valence-corrected chi connectivity index (χ2v) is 5.06. The van der Waals surface area contributed by atoms with Crippen LogP contribution in [0.4, 0.5) is 13.2 Å². The van der Waals surface area contributed by atoms with Gasteiger partial charge in [-0.3, -0.25) is 5.01 Å². The van der Waals surface area contributed by atoms with E-state index in [1.54, 1.807) is 0 Å². The highest BCUT2D eigenvalue weighted by Crippen LogP contribution is 2.24. The summed E-state index contributed by atoms with van der Waals surface area (Å²) >= 11 is 0. The fourth-order valence-electron chi connectivity index (χ4n) is 1.99. The quantitative estimate of drug-likeness (QED) is 0.464. The highest BCUT2D eigenvalue weighted by Gasteiger charge is 2.19. The topological polar surface area (TPSA) is 94.2 Å². The summed E-state index contributed by atoms with van der Waals surface area (Å²) in [4.78, 5) is 3.93. The van der Waals surface area contributed by atoms with Crippen LogP contribution in [0, 0.1) is 11.6 Å². The third-order valence-electron chi connectivity index (χ3n) is 3.45. The van der Waals surface area contributed by atoms with Crippen LogP contribution in [0.5, 0.6) is 0 Å². The van der Waals surface area contributed by atoms with E-state index in [-0.39, 0.29) is 34.4 Å². The molecule has 1 heterocycles. The van der Waals surface area contributed by atoms with Gasteiger partial charge in [0.05, 0.1) is 17.0 Å². The molecule has 9 heteroatoms. The third kappa shape index (κ3) is 3.67. The molecule has 0 radical (unpaired) electrons. The minimum absolute atomic E-state index is 0.0840.